The van der Waals surface area contributed by atoms with Crippen LogP contribution in [0.4, 0.5) is 0 Å². The van der Waals surface area contributed by atoms with Crippen LogP contribution in [0.3, 0.4) is 0 Å². The third kappa shape index (κ3) is 5.17. The van der Waals surface area contributed by atoms with Crippen molar-refractivity contribution < 1.29 is 17.9 Å². The summed E-state index contributed by atoms with van der Waals surface area (Å²) in [5.74, 6) is -0.249. The molecule has 0 aromatic heterocycles. The Morgan fingerprint density at radius 3 is 2.38 bits per heavy atom. The summed E-state index contributed by atoms with van der Waals surface area (Å²) in [6.07, 6.45) is -0.354. The van der Waals surface area contributed by atoms with Crippen LogP contribution < -0.4 is 0 Å². The largest absolute Gasteiger partial charge is 0.373 e. The van der Waals surface area contributed by atoms with Crippen LogP contribution in [0.25, 0.3) is 0 Å². The van der Waals surface area contributed by atoms with E-state index in [0.717, 1.165) is 5.56 Å². The number of benzene rings is 2. The fourth-order valence-corrected chi connectivity index (χ4v) is 5.18. The van der Waals surface area contributed by atoms with Crippen LogP contribution in [0, 0.1) is 0 Å². The van der Waals surface area contributed by atoms with E-state index in [1.165, 1.54) is 16.4 Å². The van der Waals surface area contributed by atoms with Gasteiger partial charge in [0.15, 0.2) is 0 Å². The van der Waals surface area contributed by atoms with Gasteiger partial charge in [-0.05, 0) is 49.7 Å². The van der Waals surface area contributed by atoms with E-state index in [9.17, 15) is 13.2 Å². The van der Waals surface area contributed by atoms with Crippen LogP contribution in [0.1, 0.15) is 29.8 Å². The van der Waals surface area contributed by atoms with E-state index in [1.807, 2.05) is 26.0 Å². The molecular weight excluding hydrogens is 412 g/mol. The molecule has 2 aromatic rings. The number of carbonyl (C=O) groups excluding carboxylic acids is 1. The molecule has 0 saturated carbocycles. The van der Waals surface area contributed by atoms with Crippen molar-refractivity contribution in [2.45, 2.75) is 37.5 Å². The first-order valence-corrected chi connectivity index (χ1v) is 11.2. The van der Waals surface area contributed by atoms with E-state index < -0.39 is 10.0 Å². The maximum atomic E-state index is 13.1. The maximum Gasteiger partial charge on any atom is 0.253 e. The number of halogens is 1. The summed E-state index contributed by atoms with van der Waals surface area (Å²) in [5, 5.41) is 0.632. The summed E-state index contributed by atoms with van der Waals surface area (Å²) in [4.78, 5) is 14.5. The second-order valence-corrected chi connectivity index (χ2v) is 9.77. The van der Waals surface area contributed by atoms with Gasteiger partial charge in [-0.25, -0.2) is 8.42 Å². The summed E-state index contributed by atoms with van der Waals surface area (Å²) in [6, 6.07) is 13.5. The molecule has 0 radical (unpaired) electrons. The molecule has 156 valence electrons. The zero-order chi connectivity index (χ0) is 21.2. The molecular formula is C21H25ClN2O4S. The average molecular weight is 437 g/mol. The van der Waals surface area contributed by atoms with Gasteiger partial charge >= 0.3 is 0 Å². The lowest BCUT2D eigenvalue weighted by molar-refractivity contribution is -0.0440. The Hall–Kier alpha value is -1.93. The second-order valence-electron chi connectivity index (χ2n) is 7.39. The monoisotopic (exact) mass is 436 g/mol. The summed E-state index contributed by atoms with van der Waals surface area (Å²) in [7, 11) is -2.02. The van der Waals surface area contributed by atoms with Crippen LogP contribution in [0.2, 0.25) is 5.02 Å². The quantitative estimate of drug-likeness (QED) is 0.720. The van der Waals surface area contributed by atoms with Gasteiger partial charge in [0.1, 0.15) is 0 Å². The van der Waals surface area contributed by atoms with E-state index in [1.54, 1.807) is 36.2 Å². The SMILES string of the molecule is CC1CN(S(=O)(=O)c2cccc(C(=O)N(C)Cc3ccc(Cl)cc3)c2)CC(C)O1. The Balaban J connectivity index is 1.79. The molecule has 6 nitrogen and oxygen atoms in total. The van der Waals surface area contributed by atoms with Gasteiger partial charge in [0.25, 0.3) is 5.91 Å². The molecule has 1 aliphatic heterocycles. The molecule has 0 spiro atoms. The van der Waals surface area contributed by atoms with Crippen molar-refractivity contribution in [2.75, 3.05) is 20.1 Å². The molecule has 1 fully saturated rings. The number of carbonyl (C=O) groups is 1. The van der Waals surface area contributed by atoms with Crippen LogP contribution in [-0.4, -0.2) is 55.9 Å². The van der Waals surface area contributed by atoms with Crippen molar-refractivity contribution in [2.24, 2.45) is 0 Å². The number of rotatable bonds is 5. The zero-order valence-electron chi connectivity index (χ0n) is 16.7. The van der Waals surface area contributed by atoms with Gasteiger partial charge in [0.2, 0.25) is 10.0 Å². The van der Waals surface area contributed by atoms with Crippen molar-refractivity contribution in [3.63, 3.8) is 0 Å². The number of nitrogens with zero attached hydrogens (tertiary/aromatic N) is 2. The highest BCUT2D eigenvalue weighted by atomic mass is 35.5. The van der Waals surface area contributed by atoms with E-state index in [2.05, 4.69) is 0 Å². The van der Waals surface area contributed by atoms with Crippen LogP contribution >= 0.6 is 11.6 Å². The predicted molar refractivity (Wildman–Crippen MR) is 112 cm³/mol. The van der Waals surface area contributed by atoms with Crippen molar-refractivity contribution in [3.05, 3.63) is 64.7 Å². The molecule has 1 aliphatic rings. The van der Waals surface area contributed by atoms with Crippen molar-refractivity contribution in [1.82, 2.24) is 9.21 Å². The fourth-order valence-electron chi connectivity index (χ4n) is 3.42. The molecule has 0 N–H and O–H groups in total. The number of sulfonamides is 1. The molecule has 1 amide bonds. The third-order valence-corrected chi connectivity index (χ3v) is 6.86. The molecule has 0 aliphatic carbocycles. The summed E-state index contributed by atoms with van der Waals surface area (Å²) < 4.78 is 33.2. The van der Waals surface area contributed by atoms with Gasteiger partial charge in [-0.15, -0.1) is 0 Å². The van der Waals surface area contributed by atoms with Crippen molar-refractivity contribution in [1.29, 1.82) is 0 Å². The molecule has 1 saturated heterocycles. The maximum absolute atomic E-state index is 13.1. The van der Waals surface area contributed by atoms with Gasteiger partial charge in [-0.2, -0.15) is 4.31 Å². The molecule has 8 heteroatoms. The lowest BCUT2D eigenvalue weighted by Gasteiger charge is -2.34. The first kappa shape index (κ1) is 21.8. The van der Waals surface area contributed by atoms with Crippen molar-refractivity contribution in [3.8, 4) is 0 Å². The Morgan fingerprint density at radius 1 is 1.14 bits per heavy atom. The number of hydrogen-bond acceptors (Lipinski definition) is 4. The number of ether oxygens (including phenoxy) is 1. The number of morpholine rings is 1. The smallest absolute Gasteiger partial charge is 0.253 e. The molecule has 1 heterocycles. The molecule has 2 atom stereocenters. The van der Waals surface area contributed by atoms with E-state index >= 15 is 0 Å². The average Bonchev–Trinajstić information content (AvgIpc) is 2.68. The number of amides is 1. The van der Waals surface area contributed by atoms with Gasteiger partial charge in [-0.1, -0.05) is 29.8 Å². The Bertz CT molecular complexity index is 968. The predicted octanol–water partition coefficient (Wildman–Crippen LogP) is 3.41. The van der Waals surface area contributed by atoms with Gasteiger partial charge in [0.05, 0.1) is 17.1 Å². The molecule has 2 aromatic carbocycles. The molecule has 0 bridgehead atoms. The minimum atomic E-state index is -3.71. The minimum Gasteiger partial charge on any atom is -0.373 e. The molecule has 3 rings (SSSR count). The summed E-state index contributed by atoms with van der Waals surface area (Å²) in [6.45, 7) is 4.68. The van der Waals surface area contributed by atoms with E-state index in [4.69, 9.17) is 16.3 Å². The summed E-state index contributed by atoms with van der Waals surface area (Å²) >= 11 is 5.90. The van der Waals surface area contributed by atoms with E-state index in [-0.39, 0.29) is 23.0 Å². The lowest BCUT2D eigenvalue weighted by atomic mass is 10.1. The highest BCUT2D eigenvalue weighted by molar-refractivity contribution is 7.89. The first-order chi connectivity index (χ1) is 13.7. The Kier molecular flexibility index (Phi) is 6.63. The van der Waals surface area contributed by atoms with Crippen LogP contribution in [0.15, 0.2) is 53.4 Å². The van der Waals surface area contributed by atoms with Gasteiger partial charge in [-0.3, -0.25) is 4.79 Å². The number of hydrogen-bond donors (Lipinski definition) is 0. The first-order valence-electron chi connectivity index (χ1n) is 9.42. The lowest BCUT2D eigenvalue weighted by Crippen LogP contribution is -2.48. The van der Waals surface area contributed by atoms with E-state index in [0.29, 0.717) is 30.2 Å². The highest BCUT2D eigenvalue weighted by Crippen LogP contribution is 2.22. The standard InChI is InChI=1S/C21H25ClN2O4S/c1-15-12-24(13-16(2)28-15)29(26,27)20-6-4-5-18(11-20)21(25)23(3)14-17-7-9-19(22)10-8-17/h4-11,15-16H,12-14H2,1-3H3. The fraction of sp³-hybridized carbons (Fsp3) is 0.381. The third-order valence-electron chi connectivity index (χ3n) is 4.78. The highest BCUT2D eigenvalue weighted by Gasteiger charge is 2.32. The Labute approximate surface area is 177 Å². The van der Waals surface area contributed by atoms with Crippen LogP contribution in [-0.2, 0) is 21.3 Å². The zero-order valence-corrected chi connectivity index (χ0v) is 18.3. The Morgan fingerprint density at radius 2 is 1.76 bits per heavy atom. The van der Waals surface area contributed by atoms with Crippen LogP contribution in [0.5, 0.6) is 0 Å². The normalized spacial score (nSPS) is 20.4. The molecule has 2 unspecified atom stereocenters. The molecule has 29 heavy (non-hydrogen) atoms. The van der Waals surface area contributed by atoms with Gasteiger partial charge in [0, 0.05) is 37.3 Å². The topological polar surface area (TPSA) is 66.9 Å². The van der Waals surface area contributed by atoms with Crippen molar-refractivity contribution >= 4 is 27.5 Å². The second kappa shape index (κ2) is 8.83. The minimum absolute atomic E-state index is 0.115. The van der Waals surface area contributed by atoms with Gasteiger partial charge < -0.3 is 9.64 Å². The summed E-state index contributed by atoms with van der Waals surface area (Å²) in [5.41, 5.74) is 1.27.